The van der Waals surface area contributed by atoms with Crippen LogP contribution in [0.1, 0.15) is 20.8 Å². The molecular formula is C16H19F2N2P. The zero-order valence-corrected chi connectivity index (χ0v) is 13.2. The summed E-state index contributed by atoms with van der Waals surface area (Å²) in [6, 6.07) is 9.47. The quantitative estimate of drug-likeness (QED) is 0.660. The second-order valence-corrected chi connectivity index (χ2v) is 8.83. The molecule has 0 aliphatic carbocycles. The van der Waals surface area contributed by atoms with E-state index in [1.54, 1.807) is 24.3 Å². The van der Waals surface area contributed by atoms with E-state index in [2.05, 4.69) is 0 Å². The lowest BCUT2D eigenvalue weighted by molar-refractivity contribution is 0.633. The highest BCUT2D eigenvalue weighted by molar-refractivity contribution is 7.75. The van der Waals surface area contributed by atoms with Crippen LogP contribution in [0.25, 0.3) is 0 Å². The molecule has 2 aromatic rings. The summed E-state index contributed by atoms with van der Waals surface area (Å²) in [6.45, 7) is 6.06. The highest BCUT2D eigenvalue weighted by atomic mass is 31.1. The Labute approximate surface area is 124 Å². The lowest BCUT2D eigenvalue weighted by Gasteiger charge is -2.33. The maximum absolute atomic E-state index is 13.8. The predicted molar refractivity (Wildman–Crippen MR) is 87.6 cm³/mol. The van der Waals surface area contributed by atoms with Crippen molar-refractivity contribution in [2.45, 2.75) is 25.9 Å². The third-order valence-electron chi connectivity index (χ3n) is 3.21. The van der Waals surface area contributed by atoms with Crippen LogP contribution in [0.4, 0.5) is 20.2 Å². The molecule has 5 heteroatoms. The highest BCUT2D eigenvalue weighted by Crippen LogP contribution is 2.50. The van der Waals surface area contributed by atoms with Gasteiger partial charge in [0.1, 0.15) is 11.6 Å². The van der Waals surface area contributed by atoms with Crippen molar-refractivity contribution < 1.29 is 8.78 Å². The van der Waals surface area contributed by atoms with Gasteiger partial charge in [-0.1, -0.05) is 45.0 Å². The van der Waals surface area contributed by atoms with Crippen LogP contribution in [0, 0.1) is 11.6 Å². The minimum absolute atomic E-state index is 0.113. The molecule has 2 nitrogen and oxygen atoms in total. The second-order valence-electron chi connectivity index (χ2n) is 5.85. The van der Waals surface area contributed by atoms with Crippen LogP contribution >= 0.6 is 7.92 Å². The molecule has 0 aromatic heterocycles. The van der Waals surface area contributed by atoms with Gasteiger partial charge in [0.2, 0.25) is 0 Å². The van der Waals surface area contributed by atoms with E-state index in [9.17, 15) is 8.78 Å². The fraction of sp³-hybridized carbons (Fsp3) is 0.250. The number of nitrogen functional groups attached to an aromatic ring is 2. The number of anilines is 2. The van der Waals surface area contributed by atoms with E-state index in [1.807, 2.05) is 20.8 Å². The summed E-state index contributed by atoms with van der Waals surface area (Å²) in [6.07, 6.45) is 0. The van der Waals surface area contributed by atoms with Crippen LogP contribution < -0.4 is 22.1 Å². The van der Waals surface area contributed by atoms with Gasteiger partial charge in [-0.2, -0.15) is 0 Å². The molecule has 0 aliphatic heterocycles. The molecule has 2 aromatic carbocycles. The second kappa shape index (κ2) is 5.61. The van der Waals surface area contributed by atoms with Gasteiger partial charge in [0.15, 0.2) is 0 Å². The molecule has 0 spiro atoms. The molecule has 0 atom stereocenters. The van der Waals surface area contributed by atoms with Gasteiger partial charge in [0, 0.05) is 10.6 Å². The van der Waals surface area contributed by atoms with Crippen LogP contribution in [-0.2, 0) is 0 Å². The Morgan fingerprint density at radius 3 is 1.52 bits per heavy atom. The molecule has 0 heterocycles. The summed E-state index contributed by atoms with van der Waals surface area (Å²) in [7, 11) is -1.10. The Bertz CT molecular complexity index is 614. The van der Waals surface area contributed by atoms with E-state index in [0.29, 0.717) is 10.6 Å². The van der Waals surface area contributed by atoms with Crippen molar-refractivity contribution in [1.82, 2.24) is 0 Å². The van der Waals surface area contributed by atoms with E-state index in [0.717, 1.165) is 0 Å². The fourth-order valence-corrected chi connectivity index (χ4v) is 5.16. The van der Waals surface area contributed by atoms with Crippen LogP contribution in [0.3, 0.4) is 0 Å². The van der Waals surface area contributed by atoms with Gasteiger partial charge in [-0.3, -0.25) is 0 Å². The van der Waals surface area contributed by atoms with Crippen molar-refractivity contribution in [3.63, 3.8) is 0 Å². The predicted octanol–water partition coefficient (Wildman–Crippen LogP) is 3.36. The normalized spacial score (nSPS) is 11.9. The van der Waals surface area contributed by atoms with Crippen molar-refractivity contribution in [1.29, 1.82) is 0 Å². The van der Waals surface area contributed by atoms with Crippen LogP contribution in [0.2, 0.25) is 0 Å². The van der Waals surface area contributed by atoms with Gasteiger partial charge in [-0.15, -0.1) is 0 Å². The van der Waals surface area contributed by atoms with Gasteiger partial charge in [0.25, 0.3) is 0 Å². The Kier molecular flexibility index (Phi) is 4.20. The first-order valence-electron chi connectivity index (χ1n) is 6.61. The minimum atomic E-state index is -1.10. The van der Waals surface area contributed by atoms with E-state index in [-0.39, 0.29) is 16.5 Å². The van der Waals surface area contributed by atoms with Gasteiger partial charge < -0.3 is 11.5 Å². The molecule has 0 radical (unpaired) electrons. The van der Waals surface area contributed by atoms with Crippen molar-refractivity contribution in [3.8, 4) is 0 Å². The molecule has 0 amide bonds. The minimum Gasteiger partial charge on any atom is -0.396 e. The van der Waals surface area contributed by atoms with E-state index in [1.165, 1.54) is 12.1 Å². The number of benzene rings is 2. The number of halogens is 2. The van der Waals surface area contributed by atoms with Crippen LogP contribution in [0.15, 0.2) is 36.4 Å². The molecule has 4 N–H and O–H groups in total. The molecule has 0 fully saturated rings. The first-order valence-corrected chi connectivity index (χ1v) is 7.96. The van der Waals surface area contributed by atoms with Crippen molar-refractivity contribution in [2.75, 3.05) is 11.5 Å². The maximum atomic E-state index is 13.8. The number of para-hydroxylation sites is 2. The van der Waals surface area contributed by atoms with Crippen molar-refractivity contribution >= 4 is 29.9 Å². The molecule has 0 unspecified atom stereocenters. The van der Waals surface area contributed by atoms with Crippen LogP contribution in [-0.4, -0.2) is 5.16 Å². The number of hydrogen-bond acceptors (Lipinski definition) is 2. The Morgan fingerprint density at radius 2 is 1.19 bits per heavy atom. The van der Waals surface area contributed by atoms with Gasteiger partial charge >= 0.3 is 0 Å². The van der Waals surface area contributed by atoms with E-state index >= 15 is 0 Å². The van der Waals surface area contributed by atoms with E-state index < -0.39 is 19.6 Å². The van der Waals surface area contributed by atoms with Gasteiger partial charge in [-0.25, -0.2) is 8.78 Å². The third-order valence-corrected chi connectivity index (χ3v) is 6.30. The van der Waals surface area contributed by atoms with Crippen molar-refractivity contribution in [2.24, 2.45) is 0 Å². The topological polar surface area (TPSA) is 52.0 Å². The summed E-state index contributed by atoms with van der Waals surface area (Å²) in [5, 5.41) is 1.14. The fourth-order valence-electron chi connectivity index (χ4n) is 2.29. The first-order chi connectivity index (χ1) is 9.73. The molecule has 0 bridgehead atoms. The summed E-state index contributed by atoms with van der Waals surface area (Å²) in [5.74, 6) is -0.918. The number of nitrogens with two attached hydrogens (primary N) is 2. The average molecular weight is 308 g/mol. The Hall–Kier alpha value is -1.67. The van der Waals surface area contributed by atoms with Gasteiger partial charge in [-0.05, 0) is 25.2 Å². The summed E-state index contributed by atoms with van der Waals surface area (Å²) >= 11 is 0. The van der Waals surface area contributed by atoms with Gasteiger partial charge in [0.05, 0.1) is 11.4 Å². The summed E-state index contributed by atoms with van der Waals surface area (Å²) in [5.41, 5.74) is 12.1. The zero-order chi connectivity index (χ0) is 15.8. The molecule has 0 saturated carbocycles. The van der Waals surface area contributed by atoms with E-state index in [4.69, 9.17) is 11.5 Å². The van der Waals surface area contributed by atoms with Crippen molar-refractivity contribution in [3.05, 3.63) is 48.0 Å². The third kappa shape index (κ3) is 3.01. The SMILES string of the molecule is CC(C)(C)P(c1cccc(F)c1N)c1cccc(F)c1N. The lowest BCUT2D eigenvalue weighted by Crippen LogP contribution is -2.30. The monoisotopic (exact) mass is 308 g/mol. The number of hydrogen-bond donors (Lipinski definition) is 2. The Morgan fingerprint density at radius 1 is 0.810 bits per heavy atom. The molecule has 0 saturated heterocycles. The molecular weight excluding hydrogens is 289 g/mol. The Balaban J connectivity index is 2.71. The summed E-state index contributed by atoms with van der Waals surface area (Å²) in [4.78, 5) is 0. The number of rotatable bonds is 2. The lowest BCUT2D eigenvalue weighted by atomic mass is 10.2. The zero-order valence-electron chi connectivity index (χ0n) is 12.3. The highest BCUT2D eigenvalue weighted by Gasteiger charge is 2.31. The molecule has 112 valence electrons. The summed E-state index contributed by atoms with van der Waals surface area (Å²) < 4.78 is 27.6. The maximum Gasteiger partial charge on any atom is 0.146 e. The molecule has 2 rings (SSSR count). The average Bonchev–Trinajstić information content (AvgIpc) is 2.38. The van der Waals surface area contributed by atoms with Crippen LogP contribution in [0.5, 0.6) is 0 Å². The first kappa shape index (κ1) is 15.7. The molecule has 0 aliphatic rings. The molecule has 21 heavy (non-hydrogen) atoms. The largest absolute Gasteiger partial charge is 0.396 e. The standard InChI is InChI=1S/C16H19F2N2P/c1-16(2,3)21(12-8-4-6-10(17)14(12)19)13-9-5-7-11(18)15(13)20/h4-9H,19-20H2,1-3H3. The smallest absolute Gasteiger partial charge is 0.146 e.